The van der Waals surface area contributed by atoms with Crippen molar-refractivity contribution in [1.82, 2.24) is 0 Å². The molecule has 0 bridgehead atoms. The van der Waals surface area contributed by atoms with Crippen LogP contribution in [0.1, 0.15) is 29.9 Å². The van der Waals surface area contributed by atoms with E-state index in [1.807, 2.05) is 6.07 Å². The van der Waals surface area contributed by atoms with Crippen LogP contribution in [0.4, 0.5) is 0 Å². The van der Waals surface area contributed by atoms with Gasteiger partial charge >= 0.3 is 0 Å². The topological polar surface area (TPSA) is 53.2 Å². The minimum Gasteiger partial charge on any atom is -0.508 e. The third kappa shape index (κ3) is 2.34. The first-order valence-electron chi connectivity index (χ1n) is 5.57. The summed E-state index contributed by atoms with van der Waals surface area (Å²) >= 11 is 0. The van der Waals surface area contributed by atoms with Crippen molar-refractivity contribution in [2.24, 2.45) is 0 Å². The number of hydrogen-bond acceptors (Lipinski definition) is 3. The highest BCUT2D eigenvalue weighted by atomic mass is 16.5. The number of hydrogen-bond donors (Lipinski definition) is 1. The first-order valence-corrected chi connectivity index (χ1v) is 5.57. The average Bonchev–Trinajstić information content (AvgIpc) is 2.33. The summed E-state index contributed by atoms with van der Waals surface area (Å²) in [6.07, 6.45) is 2.36. The molecule has 1 saturated heterocycles. The van der Waals surface area contributed by atoms with Crippen LogP contribution >= 0.6 is 0 Å². The standard InChI is InChI=1S/C13H15NO2/c14-6-3-10-1-2-12(15)9-13(10)11-4-7-16-8-5-11/h1-2,9,11,15H,3-5,7-8H2. The van der Waals surface area contributed by atoms with Gasteiger partial charge in [0.2, 0.25) is 0 Å². The Morgan fingerprint density at radius 2 is 2.12 bits per heavy atom. The molecule has 0 radical (unpaired) electrons. The highest BCUT2D eigenvalue weighted by molar-refractivity contribution is 5.38. The molecule has 0 aliphatic carbocycles. The maximum atomic E-state index is 9.52. The van der Waals surface area contributed by atoms with E-state index in [-0.39, 0.29) is 5.75 Å². The van der Waals surface area contributed by atoms with Crippen molar-refractivity contribution in [3.63, 3.8) is 0 Å². The molecule has 1 N–H and O–H groups in total. The van der Waals surface area contributed by atoms with Crippen molar-refractivity contribution in [2.75, 3.05) is 13.2 Å². The molecule has 1 fully saturated rings. The quantitative estimate of drug-likeness (QED) is 0.827. The third-order valence-electron chi connectivity index (χ3n) is 3.06. The zero-order chi connectivity index (χ0) is 11.4. The van der Waals surface area contributed by atoms with E-state index in [4.69, 9.17) is 10.00 Å². The summed E-state index contributed by atoms with van der Waals surface area (Å²) in [5, 5.41) is 18.3. The molecule has 1 aliphatic rings. The molecule has 0 saturated carbocycles. The second-order valence-electron chi connectivity index (χ2n) is 4.10. The largest absolute Gasteiger partial charge is 0.508 e. The van der Waals surface area contributed by atoms with Crippen molar-refractivity contribution < 1.29 is 9.84 Å². The maximum absolute atomic E-state index is 9.52. The fraction of sp³-hybridized carbons (Fsp3) is 0.462. The normalized spacial score (nSPS) is 16.9. The van der Waals surface area contributed by atoms with Crippen molar-refractivity contribution in [2.45, 2.75) is 25.2 Å². The number of benzene rings is 1. The van der Waals surface area contributed by atoms with Crippen LogP contribution in [0.3, 0.4) is 0 Å². The average molecular weight is 217 g/mol. The smallest absolute Gasteiger partial charge is 0.115 e. The molecular weight excluding hydrogens is 202 g/mol. The zero-order valence-electron chi connectivity index (χ0n) is 9.15. The Morgan fingerprint density at radius 3 is 2.81 bits per heavy atom. The summed E-state index contributed by atoms with van der Waals surface area (Å²) in [4.78, 5) is 0. The molecule has 1 aromatic carbocycles. The van der Waals surface area contributed by atoms with Gasteiger partial charge in [0.1, 0.15) is 5.75 Å². The Morgan fingerprint density at radius 1 is 1.38 bits per heavy atom. The molecule has 2 rings (SSSR count). The van der Waals surface area contributed by atoms with Gasteiger partial charge in [0.05, 0.1) is 12.5 Å². The summed E-state index contributed by atoms with van der Waals surface area (Å²) in [7, 11) is 0. The fourth-order valence-corrected chi connectivity index (χ4v) is 2.22. The molecule has 3 nitrogen and oxygen atoms in total. The molecule has 0 unspecified atom stereocenters. The number of ether oxygens (including phenoxy) is 1. The van der Waals surface area contributed by atoms with Gasteiger partial charge in [-0.2, -0.15) is 5.26 Å². The van der Waals surface area contributed by atoms with Gasteiger partial charge in [-0.05, 0) is 42.0 Å². The lowest BCUT2D eigenvalue weighted by Crippen LogP contribution is -2.15. The van der Waals surface area contributed by atoms with Crippen LogP contribution in [0.25, 0.3) is 0 Å². The third-order valence-corrected chi connectivity index (χ3v) is 3.06. The Labute approximate surface area is 95.3 Å². The van der Waals surface area contributed by atoms with Gasteiger partial charge < -0.3 is 9.84 Å². The van der Waals surface area contributed by atoms with Crippen LogP contribution in [0.2, 0.25) is 0 Å². The number of nitrogens with zero attached hydrogens (tertiary/aromatic N) is 1. The first kappa shape index (κ1) is 11.0. The number of phenols is 1. The van der Waals surface area contributed by atoms with Crippen LogP contribution < -0.4 is 0 Å². The number of rotatable bonds is 2. The lowest BCUT2D eigenvalue weighted by molar-refractivity contribution is 0.0851. The molecule has 1 aromatic rings. The van der Waals surface area contributed by atoms with Gasteiger partial charge in [-0.1, -0.05) is 6.07 Å². The molecule has 1 heterocycles. The summed E-state index contributed by atoms with van der Waals surface area (Å²) in [5.74, 6) is 0.701. The van der Waals surface area contributed by atoms with Gasteiger partial charge in [0.25, 0.3) is 0 Å². The van der Waals surface area contributed by atoms with Crippen LogP contribution in [0.15, 0.2) is 18.2 Å². The van der Waals surface area contributed by atoms with Crippen molar-refractivity contribution in [3.05, 3.63) is 29.3 Å². The molecule has 0 atom stereocenters. The van der Waals surface area contributed by atoms with Crippen molar-refractivity contribution in [1.29, 1.82) is 5.26 Å². The van der Waals surface area contributed by atoms with E-state index in [1.165, 1.54) is 0 Å². The highest BCUT2D eigenvalue weighted by Crippen LogP contribution is 2.31. The highest BCUT2D eigenvalue weighted by Gasteiger charge is 2.19. The number of phenolic OH excluding ortho intramolecular Hbond substituents is 1. The van der Waals surface area contributed by atoms with E-state index in [0.717, 1.165) is 37.2 Å². The Hall–Kier alpha value is -1.53. The first-order chi connectivity index (χ1) is 7.81. The number of nitriles is 1. The van der Waals surface area contributed by atoms with Gasteiger partial charge in [0.15, 0.2) is 0 Å². The van der Waals surface area contributed by atoms with Crippen molar-refractivity contribution in [3.8, 4) is 11.8 Å². The van der Waals surface area contributed by atoms with Crippen LogP contribution in [0, 0.1) is 11.3 Å². The Balaban J connectivity index is 2.29. The molecular formula is C13H15NO2. The Bertz CT molecular complexity index is 403. The van der Waals surface area contributed by atoms with Gasteiger partial charge in [-0.3, -0.25) is 0 Å². The Kier molecular flexibility index (Phi) is 3.43. The summed E-state index contributed by atoms with van der Waals surface area (Å²) in [5.41, 5.74) is 2.15. The van der Waals surface area contributed by atoms with E-state index in [9.17, 15) is 5.11 Å². The minimum atomic E-state index is 0.281. The van der Waals surface area contributed by atoms with E-state index in [2.05, 4.69) is 6.07 Å². The minimum absolute atomic E-state index is 0.281. The number of aromatic hydroxyl groups is 1. The monoisotopic (exact) mass is 217 g/mol. The lowest BCUT2D eigenvalue weighted by Gasteiger charge is -2.24. The molecule has 16 heavy (non-hydrogen) atoms. The predicted octanol–water partition coefficient (Wildman–Crippen LogP) is 2.35. The van der Waals surface area contributed by atoms with Crippen molar-refractivity contribution >= 4 is 0 Å². The molecule has 3 heteroatoms. The van der Waals surface area contributed by atoms with Gasteiger partial charge in [-0.15, -0.1) is 0 Å². The molecule has 0 spiro atoms. The zero-order valence-corrected chi connectivity index (χ0v) is 9.15. The molecule has 1 aliphatic heterocycles. The second-order valence-corrected chi connectivity index (χ2v) is 4.10. The molecule has 0 amide bonds. The second kappa shape index (κ2) is 5.00. The van der Waals surface area contributed by atoms with E-state index >= 15 is 0 Å². The van der Waals surface area contributed by atoms with Crippen LogP contribution in [-0.4, -0.2) is 18.3 Å². The molecule has 84 valence electrons. The lowest BCUT2D eigenvalue weighted by atomic mass is 9.87. The summed E-state index contributed by atoms with van der Waals surface area (Å²) in [6.45, 7) is 1.54. The van der Waals surface area contributed by atoms with Crippen LogP contribution in [0.5, 0.6) is 5.75 Å². The van der Waals surface area contributed by atoms with E-state index < -0.39 is 0 Å². The maximum Gasteiger partial charge on any atom is 0.115 e. The van der Waals surface area contributed by atoms with Crippen LogP contribution in [-0.2, 0) is 11.2 Å². The van der Waals surface area contributed by atoms with E-state index in [0.29, 0.717) is 12.3 Å². The molecule has 0 aromatic heterocycles. The predicted molar refractivity (Wildman–Crippen MR) is 60.2 cm³/mol. The SMILES string of the molecule is N#CCc1ccc(O)cc1C1CCOCC1. The summed E-state index contributed by atoms with van der Waals surface area (Å²) in [6, 6.07) is 7.46. The summed E-state index contributed by atoms with van der Waals surface area (Å²) < 4.78 is 5.32. The fourth-order valence-electron chi connectivity index (χ4n) is 2.22. The van der Waals surface area contributed by atoms with Gasteiger partial charge in [0, 0.05) is 13.2 Å². The van der Waals surface area contributed by atoms with E-state index in [1.54, 1.807) is 12.1 Å². The van der Waals surface area contributed by atoms with Gasteiger partial charge in [-0.25, -0.2) is 0 Å².